The summed E-state index contributed by atoms with van der Waals surface area (Å²) in [5.41, 5.74) is 8.71. The van der Waals surface area contributed by atoms with E-state index in [4.69, 9.17) is 15.2 Å². The Morgan fingerprint density at radius 2 is 1.45 bits per heavy atom. The van der Waals surface area contributed by atoms with Crippen LogP contribution in [0.15, 0.2) is 79.0 Å². The Bertz CT molecular complexity index is 1340. The van der Waals surface area contributed by atoms with Crippen molar-refractivity contribution in [3.8, 4) is 0 Å². The zero-order valence-corrected chi connectivity index (χ0v) is 23.5. The fourth-order valence-electron chi connectivity index (χ4n) is 3.80. The van der Waals surface area contributed by atoms with Gasteiger partial charge in [-0.3, -0.25) is 9.78 Å². The highest BCUT2D eigenvalue weighted by Crippen LogP contribution is 2.17. The van der Waals surface area contributed by atoms with Gasteiger partial charge >= 0.3 is 0 Å². The van der Waals surface area contributed by atoms with E-state index in [0.717, 1.165) is 17.8 Å². The molecule has 0 aliphatic rings. The van der Waals surface area contributed by atoms with Gasteiger partial charge in [-0.25, -0.2) is 0 Å². The van der Waals surface area contributed by atoms with Gasteiger partial charge in [0, 0.05) is 37.1 Å². The summed E-state index contributed by atoms with van der Waals surface area (Å²) in [6.07, 6.45) is 2.57. The summed E-state index contributed by atoms with van der Waals surface area (Å²) in [4.78, 5) is 30.4. The van der Waals surface area contributed by atoms with Crippen molar-refractivity contribution in [3.05, 3.63) is 95.8 Å². The van der Waals surface area contributed by atoms with Gasteiger partial charge in [-0.15, -0.1) is 0 Å². The van der Waals surface area contributed by atoms with Crippen LogP contribution in [0.25, 0.3) is 0 Å². The normalized spacial score (nSPS) is 10.7. The molecule has 0 atom stereocenters. The van der Waals surface area contributed by atoms with Gasteiger partial charge in [-0.05, 0) is 48.4 Å². The molecule has 0 aliphatic carbocycles. The van der Waals surface area contributed by atoms with Gasteiger partial charge in [0.25, 0.3) is 5.91 Å². The van der Waals surface area contributed by atoms with E-state index in [9.17, 15) is 4.79 Å². The first-order chi connectivity index (χ1) is 20.7. The molecular formula is C30H37N9O3. The van der Waals surface area contributed by atoms with E-state index in [1.807, 2.05) is 36.4 Å². The Kier molecular flexibility index (Phi) is 12.4. The molecule has 4 aromatic rings. The van der Waals surface area contributed by atoms with Crippen molar-refractivity contribution >= 4 is 29.4 Å². The molecule has 1 amide bonds. The molecule has 0 fully saturated rings. The summed E-state index contributed by atoms with van der Waals surface area (Å²) in [7, 11) is 0. The minimum absolute atomic E-state index is 0.185. The molecule has 0 unspecified atom stereocenters. The smallest absolute Gasteiger partial charge is 0.251 e. The summed E-state index contributed by atoms with van der Waals surface area (Å²) in [6, 6.07) is 23.0. The first-order valence-corrected chi connectivity index (χ1v) is 13.9. The first kappa shape index (κ1) is 30.3. The molecule has 6 N–H and O–H groups in total. The maximum absolute atomic E-state index is 12.5. The van der Waals surface area contributed by atoms with Gasteiger partial charge in [-0.2, -0.15) is 15.0 Å². The second-order valence-corrected chi connectivity index (χ2v) is 9.11. The predicted molar refractivity (Wildman–Crippen MR) is 163 cm³/mol. The van der Waals surface area contributed by atoms with Gasteiger partial charge in [0.1, 0.15) is 0 Å². The molecule has 2 heterocycles. The Hall–Kier alpha value is -4.65. The molecule has 0 saturated carbocycles. The molecule has 0 aliphatic heterocycles. The van der Waals surface area contributed by atoms with Crippen LogP contribution in [0.3, 0.4) is 0 Å². The van der Waals surface area contributed by atoms with Crippen LogP contribution in [-0.4, -0.2) is 71.9 Å². The molecule has 12 nitrogen and oxygen atoms in total. The van der Waals surface area contributed by atoms with Gasteiger partial charge in [0.05, 0.1) is 38.7 Å². The molecule has 0 spiro atoms. The van der Waals surface area contributed by atoms with Crippen LogP contribution in [0, 0.1) is 0 Å². The van der Waals surface area contributed by atoms with E-state index in [-0.39, 0.29) is 5.91 Å². The minimum atomic E-state index is -0.185. The van der Waals surface area contributed by atoms with Crippen LogP contribution in [0.5, 0.6) is 0 Å². The summed E-state index contributed by atoms with van der Waals surface area (Å²) in [5.74, 6) is 1.02. The molecule has 0 radical (unpaired) electrons. The van der Waals surface area contributed by atoms with E-state index in [1.54, 1.807) is 30.5 Å². The fourth-order valence-corrected chi connectivity index (χ4v) is 3.80. The van der Waals surface area contributed by atoms with Crippen molar-refractivity contribution in [1.29, 1.82) is 0 Å². The second kappa shape index (κ2) is 17.2. The SMILES string of the molecule is NCCOCCOCCNC(=O)c1ccc(Nc2nc(NCCc3ccccc3)nc(NCc3ccccn3)n2)cc1. The van der Waals surface area contributed by atoms with Crippen LogP contribution in [0.4, 0.5) is 23.5 Å². The number of rotatable bonds is 18. The maximum Gasteiger partial charge on any atom is 0.251 e. The molecule has 220 valence electrons. The van der Waals surface area contributed by atoms with Crippen molar-refractivity contribution in [2.24, 2.45) is 5.73 Å². The lowest BCUT2D eigenvalue weighted by atomic mass is 10.1. The average Bonchev–Trinajstić information content (AvgIpc) is 3.02. The molecule has 4 rings (SSSR count). The van der Waals surface area contributed by atoms with E-state index < -0.39 is 0 Å². The zero-order valence-electron chi connectivity index (χ0n) is 23.5. The molecule has 2 aromatic carbocycles. The Morgan fingerprint density at radius 1 is 0.738 bits per heavy atom. The highest BCUT2D eigenvalue weighted by Gasteiger charge is 2.09. The third kappa shape index (κ3) is 10.7. The van der Waals surface area contributed by atoms with Crippen molar-refractivity contribution in [3.63, 3.8) is 0 Å². The van der Waals surface area contributed by atoms with Crippen LogP contribution >= 0.6 is 0 Å². The number of hydrogen-bond donors (Lipinski definition) is 5. The van der Waals surface area contributed by atoms with Crippen molar-refractivity contribution in [2.45, 2.75) is 13.0 Å². The number of nitrogens with zero attached hydrogens (tertiary/aromatic N) is 4. The monoisotopic (exact) mass is 571 g/mol. The molecule has 0 bridgehead atoms. The van der Waals surface area contributed by atoms with Crippen molar-refractivity contribution in [1.82, 2.24) is 25.3 Å². The lowest BCUT2D eigenvalue weighted by Gasteiger charge is -2.12. The number of ether oxygens (including phenoxy) is 2. The van der Waals surface area contributed by atoms with E-state index in [1.165, 1.54) is 5.56 Å². The molecule has 2 aromatic heterocycles. The number of anilines is 4. The number of hydrogen-bond acceptors (Lipinski definition) is 11. The number of pyridine rings is 1. The largest absolute Gasteiger partial charge is 0.378 e. The van der Waals surface area contributed by atoms with Crippen LogP contribution in [0.2, 0.25) is 0 Å². The summed E-state index contributed by atoms with van der Waals surface area (Å²) >= 11 is 0. The average molecular weight is 572 g/mol. The van der Waals surface area contributed by atoms with Crippen LogP contribution in [0.1, 0.15) is 21.6 Å². The molecule has 42 heavy (non-hydrogen) atoms. The number of nitrogens with two attached hydrogens (primary N) is 1. The third-order valence-electron chi connectivity index (χ3n) is 5.90. The van der Waals surface area contributed by atoms with E-state index in [2.05, 4.69) is 53.3 Å². The Labute approximate surface area is 245 Å². The van der Waals surface area contributed by atoms with Crippen LogP contribution in [-0.2, 0) is 22.4 Å². The van der Waals surface area contributed by atoms with Gasteiger partial charge < -0.3 is 36.5 Å². The summed E-state index contributed by atoms with van der Waals surface area (Å²) < 4.78 is 10.7. The number of carbonyl (C=O) groups is 1. The Balaban J connectivity index is 1.33. The third-order valence-corrected chi connectivity index (χ3v) is 5.90. The first-order valence-electron chi connectivity index (χ1n) is 13.9. The molecular weight excluding hydrogens is 534 g/mol. The Morgan fingerprint density at radius 3 is 2.19 bits per heavy atom. The maximum atomic E-state index is 12.5. The minimum Gasteiger partial charge on any atom is -0.378 e. The van der Waals surface area contributed by atoms with E-state index in [0.29, 0.717) is 76.0 Å². The summed E-state index contributed by atoms with van der Waals surface area (Å²) in [5, 5.41) is 12.6. The molecule has 0 saturated heterocycles. The number of carbonyl (C=O) groups excluding carboxylic acids is 1. The number of aromatic nitrogens is 4. The summed E-state index contributed by atoms with van der Waals surface area (Å²) in [6.45, 7) is 3.85. The molecule has 12 heteroatoms. The number of benzene rings is 2. The van der Waals surface area contributed by atoms with Crippen molar-refractivity contribution in [2.75, 3.05) is 62.0 Å². The van der Waals surface area contributed by atoms with E-state index >= 15 is 0 Å². The zero-order chi connectivity index (χ0) is 29.2. The quantitative estimate of drug-likeness (QED) is 0.112. The topological polar surface area (TPSA) is 161 Å². The predicted octanol–water partition coefficient (Wildman–Crippen LogP) is 3.00. The number of nitrogens with one attached hydrogen (secondary N) is 4. The standard InChI is InChI=1S/C30H37N9O3/c31-14-18-41-20-21-42-19-17-33-27(40)24-9-11-25(12-10-24)36-30-38-28(34-16-13-23-6-2-1-3-7-23)37-29(39-30)35-22-26-8-4-5-15-32-26/h1-12,15H,13-14,16-22,31H2,(H,33,40)(H3,34,35,36,37,38,39). The fraction of sp³-hybridized carbons (Fsp3) is 0.300. The van der Waals surface area contributed by atoms with Crippen LogP contribution < -0.4 is 27.0 Å². The lowest BCUT2D eigenvalue weighted by Crippen LogP contribution is -2.27. The van der Waals surface area contributed by atoms with Crippen molar-refractivity contribution < 1.29 is 14.3 Å². The highest BCUT2D eigenvalue weighted by molar-refractivity contribution is 5.94. The second-order valence-electron chi connectivity index (χ2n) is 9.11. The van der Waals surface area contributed by atoms with Gasteiger partial charge in [0.2, 0.25) is 17.8 Å². The highest BCUT2D eigenvalue weighted by atomic mass is 16.5. The van der Waals surface area contributed by atoms with Gasteiger partial charge in [0.15, 0.2) is 0 Å². The van der Waals surface area contributed by atoms with Gasteiger partial charge in [-0.1, -0.05) is 36.4 Å². The lowest BCUT2D eigenvalue weighted by molar-refractivity contribution is 0.0511. The number of amides is 1.